The number of anilines is 2. The maximum Gasteiger partial charge on any atom is 0.416 e. The van der Waals surface area contributed by atoms with Gasteiger partial charge in [-0.25, -0.2) is 19.6 Å². The van der Waals surface area contributed by atoms with Crippen LogP contribution in [0.15, 0.2) is 83.5 Å². The standard InChI is InChI=1S/C34H29N7O5/c1-20(2)25-15-24(35-4)16-27-29(25)45-32(40-27)22-10-8-21(9-11-22)30(42)38-18-34(3)19-41(33(44)46-34)28-13-12-23(17-37-28)39-31(43)26-7-5-6-14-36-26/h5-17,20H,18-19H2,1-3H3,(H,38,42)(H,39,43). The largest absolute Gasteiger partial charge is 0.439 e. The van der Waals surface area contributed by atoms with E-state index in [0.717, 1.165) is 5.56 Å². The molecule has 1 saturated heterocycles. The Balaban J connectivity index is 1.07. The molecule has 46 heavy (non-hydrogen) atoms. The van der Waals surface area contributed by atoms with Crippen molar-refractivity contribution in [3.05, 3.63) is 107 Å². The summed E-state index contributed by atoms with van der Waals surface area (Å²) in [6.45, 7) is 13.4. The normalized spacial score (nSPS) is 15.9. The van der Waals surface area contributed by atoms with E-state index in [1.807, 2.05) is 19.9 Å². The molecule has 0 saturated carbocycles. The number of oxazole rings is 1. The maximum absolute atomic E-state index is 13.0. The number of aromatic nitrogens is 3. The van der Waals surface area contributed by atoms with E-state index in [1.54, 1.807) is 67.6 Å². The molecule has 1 fully saturated rings. The Morgan fingerprint density at radius 1 is 1.07 bits per heavy atom. The Hall–Kier alpha value is -6.09. The third-order valence-corrected chi connectivity index (χ3v) is 7.50. The molecule has 2 aromatic carbocycles. The number of fused-ring (bicyclic) bond motifs is 1. The summed E-state index contributed by atoms with van der Waals surface area (Å²) in [6, 6.07) is 18.6. The summed E-state index contributed by atoms with van der Waals surface area (Å²) < 4.78 is 11.7. The summed E-state index contributed by atoms with van der Waals surface area (Å²) in [5.41, 5.74) is 3.48. The smallest absolute Gasteiger partial charge is 0.416 e. The van der Waals surface area contributed by atoms with Crippen molar-refractivity contribution in [2.45, 2.75) is 32.3 Å². The fourth-order valence-corrected chi connectivity index (χ4v) is 5.07. The van der Waals surface area contributed by atoms with Crippen LogP contribution in [-0.4, -0.2) is 51.6 Å². The lowest BCUT2D eigenvalue weighted by molar-refractivity contribution is 0.0653. The van der Waals surface area contributed by atoms with Gasteiger partial charge in [0.15, 0.2) is 11.3 Å². The van der Waals surface area contributed by atoms with Crippen LogP contribution in [0.4, 0.5) is 22.0 Å². The van der Waals surface area contributed by atoms with Crippen LogP contribution in [0.5, 0.6) is 0 Å². The van der Waals surface area contributed by atoms with Gasteiger partial charge in [0.2, 0.25) is 5.89 Å². The minimum Gasteiger partial charge on any atom is -0.439 e. The Kier molecular flexibility index (Phi) is 7.90. The lowest BCUT2D eigenvalue weighted by Gasteiger charge is -2.22. The highest BCUT2D eigenvalue weighted by Crippen LogP contribution is 2.34. The van der Waals surface area contributed by atoms with Crippen LogP contribution in [-0.2, 0) is 4.74 Å². The van der Waals surface area contributed by atoms with Crippen LogP contribution < -0.4 is 15.5 Å². The third kappa shape index (κ3) is 6.11. The number of cyclic esters (lactones) is 1. The van der Waals surface area contributed by atoms with Gasteiger partial charge < -0.3 is 19.8 Å². The van der Waals surface area contributed by atoms with Gasteiger partial charge >= 0.3 is 6.09 Å². The first kappa shape index (κ1) is 30.0. The molecule has 1 aliphatic rings. The van der Waals surface area contributed by atoms with E-state index in [4.69, 9.17) is 15.7 Å². The summed E-state index contributed by atoms with van der Waals surface area (Å²) in [7, 11) is 0. The van der Waals surface area contributed by atoms with Crippen molar-refractivity contribution in [3.8, 4) is 11.5 Å². The van der Waals surface area contributed by atoms with Gasteiger partial charge in [0.25, 0.3) is 11.8 Å². The topological polar surface area (TPSA) is 144 Å². The third-order valence-electron chi connectivity index (χ3n) is 7.50. The summed E-state index contributed by atoms with van der Waals surface area (Å²) in [5.74, 6) is 0.175. The van der Waals surface area contributed by atoms with Gasteiger partial charge in [-0.2, -0.15) is 0 Å². The highest BCUT2D eigenvalue weighted by molar-refractivity contribution is 6.02. The average molecular weight is 616 g/mol. The maximum atomic E-state index is 13.0. The molecular formula is C34H29N7O5. The number of amides is 3. The van der Waals surface area contributed by atoms with Crippen molar-refractivity contribution in [1.29, 1.82) is 0 Å². The van der Waals surface area contributed by atoms with Gasteiger partial charge in [-0.1, -0.05) is 19.9 Å². The molecular weight excluding hydrogens is 586 g/mol. The number of nitrogens with zero attached hydrogens (tertiary/aromatic N) is 5. The molecule has 12 heteroatoms. The zero-order valence-electron chi connectivity index (χ0n) is 25.3. The van der Waals surface area contributed by atoms with Crippen molar-refractivity contribution in [3.63, 3.8) is 0 Å². The van der Waals surface area contributed by atoms with Crippen LogP contribution >= 0.6 is 0 Å². The first-order chi connectivity index (χ1) is 22.1. The van der Waals surface area contributed by atoms with E-state index in [9.17, 15) is 14.4 Å². The molecule has 1 aliphatic heterocycles. The van der Waals surface area contributed by atoms with E-state index < -0.39 is 11.7 Å². The zero-order chi connectivity index (χ0) is 32.4. The number of carbonyl (C=O) groups excluding carboxylic acids is 3. The lowest BCUT2D eigenvalue weighted by atomic mass is 10.0. The summed E-state index contributed by atoms with van der Waals surface area (Å²) in [5, 5.41) is 5.57. The lowest BCUT2D eigenvalue weighted by Crippen LogP contribution is -2.43. The number of nitrogens with one attached hydrogen (secondary N) is 2. The molecule has 230 valence electrons. The summed E-state index contributed by atoms with van der Waals surface area (Å²) in [4.78, 5) is 55.9. The Bertz CT molecular complexity index is 1980. The molecule has 1 atom stereocenters. The molecule has 0 bridgehead atoms. The summed E-state index contributed by atoms with van der Waals surface area (Å²) >= 11 is 0. The first-order valence-corrected chi connectivity index (χ1v) is 14.5. The highest BCUT2D eigenvalue weighted by atomic mass is 16.6. The van der Waals surface area contributed by atoms with Crippen LogP contribution in [0.1, 0.15) is 53.1 Å². The van der Waals surface area contributed by atoms with Gasteiger partial charge in [-0.05, 0) is 79.1 Å². The molecule has 5 aromatic rings. The molecule has 1 unspecified atom stereocenters. The Morgan fingerprint density at radius 3 is 2.54 bits per heavy atom. The molecule has 0 aliphatic carbocycles. The number of benzene rings is 2. The van der Waals surface area contributed by atoms with E-state index >= 15 is 0 Å². The van der Waals surface area contributed by atoms with Crippen LogP contribution in [0.25, 0.3) is 27.4 Å². The second-order valence-corrected chi connectivity index (χ2v) is 11.4. The minimum atomic E-state index is -1.00. The second-order valence-electron chi connectivity index (χ2n) is 11.4. The molecule has 12 nitrogen and oxygen atoms in total. The predicted octanol–water partition coefficient (Wildman–Crippen LogP) is 6.36. The van der Waals surface area contributed by atoms with E-state index in [0.29, 0.717) is 45.3 Å². The Labute approximate surface area is 264 Å². The molecule has 0 spiro atoms. The number of hydrogen-bond donors (Lipinski definition) is 2. The highest BCUT2D eigenvalue weighted by Gasteiger charge is 2.43. The number of hydrogen-bond acceptors (Lipinski definition) is 8. The molecule has 3 amide bonds. The van der Waals surface area contributed by atoms with Crippen LogP contribution in [0, 0.1) is 6.57 Å². The molecule has 6 rings (SSSR count). The van der Waals surface area contributed by atoms with Gasteiger partial charge in [-0.15, -0.1) is 0 Å². The van der Waals surface area contributed by atoms with Crippen molar-refractivity contribution < 1.29 is 23.5 Å². The van der Waals surface area contributed by atoms with Gasteiger partial charge in [0.05, 0.1) is 37.1 Å². The van der Waals surface area contributed by atoms with Crippen molar-refractivity contribution in [2.75, 3.05) is 23.3 Å². The molecule has 3 aromatic heterocycles. The van der Waals surface area contributed by atoms with E-state index in [-0.39, 0.29) is 36.5 Å². The number of ether oxygens (including phenoxy) is 1. The van der Waals surface area contributed by atoms with Crippen LogP contribution in [0.2, 0.25) is 0 Å². The number of carbonyl (C=O) groups is 3. The molecule has 4 heterocycles. The number of rotatable bonds is 8. The molecule has 2 N–H and O–H groups in total. The quantitative estimate of drug-likeness (QED) is 0.192. The Morgan fingerprint density at radius 2 is 1.87 bits per heavy atom. The second kappa shape index (κ2) is 12.1. The van der Waals surface area contributed by atoms with Gasteiger partial charge in [-0.3, -0.25) is 19.5 Å². The summed E-state index contributed by atoms with van der Waals surface area (Å²) in [6.07, 6.45) is 2.38. The minimum absolute atomic E-state index is 0.0700. The van der Waals surface area contributed by atoms with Gasteiger partial charge in [0, 0.05) is 17.3 Å². The SMILES string of the molecule is [C-]#[N+]c1cc(C(C)C)c2oc(-c3ccc(C(=O)NCC4(C)CN(c5ccc(NC(=O)c6ccccn6)cn5)C(=O)O4)cc3)nc2c1. The number of pyridine rings is 2. The molecule has 0 radical (unpaired) electrons. The van der Waals surface area contributed by atoms with Gasteiger partial charge in [0.1, 0.15) is 17.1 Å². The van der Waals surface area contributed by atoms with E-state index in [1.165, 1.54) is 17.3 Å². The fraction of sp³-hybridized carbons (Fsp3) is 0.206. The van der Waals surface area contributed by atoms with Crippen molar-refractivity contribution >= 4 is 46.2 Å². The average Bonchev–Trinajstić information content (AvgIpc) is 3.64. The monoisotopic (exact) mass is 615 g/mol. The predicted molar refractivity (Wildman–Crippen MR) is 171 cm³/mol. The van der Waals surface area contributed by atoms with Crippen molar-refractivity contribution in [2.24, 2.45) is 0 Å². The van der Waals surface area contributed by atoms with Crippen molar-refractivity contribution in [1.82, 2.24) is 20.3 Å². The first-order valence-electron chi connectivity index (χ1n) is 14.5. The van der Waals surface area contributed by atoms with E-state index in [2.05, 4.69) is 30.4 Å². The van der Waals surface area contributed by atoms with Crippen LogP contribution in [0.3, 0.4) is 0 Å². The fourth-order valence-electron chi connectivity index (χ4n) is 5.07. The zero-order valence-corrected chi connectivity index (χ0v) is 25.3.